The Balaban J connectivity index is 2.30. The maximum absolute atomic E-state index is 14.0. The molecule has 1 N–H and O–H groups in total. The number of nitro groups is 1. The van der Waals surface area contributed by atoms with Crippen LogP contribution in [0.5, 0.6) is 11.5 Å². The van der Waals surface area contributed by atoms with Gasteiger partial charge in [-0.15, -0.1) is 0 Å². The van der Waals surface area contributed by atoms with Crippen molar-refractivity contribution in [3.63, 3.8) is 0 Å². The summed E-state index contributed by atoms with van der Waals surface area (Å²) in [6, 6.07) is 5.93. The molecular formula is C17H15FN4O5. The predicted molar refractivity (Wildman–Crippen MR) is 91.9 cm³/mol. The SMILES string of the molecule is CC(C)(C)OC(=O)Nc1nccc(Oc2ccc([N+](=O)[O-])cc2F)c1C#N. The number of carbonyl (C=O) groups excluding carboxylic acids is 1. The van der Waals surface area contributed by atoms with Crippen molar-refractivity contribution in [3.05, 3.63) is 52.0 Å². The number of hydrogen-bond acceptors (Lipinski definition) is 7. The first kappa shape index (κ1) is 19.6. The van der Waals surface area contributed by atoms with Gasteiger partial charge in [0.05, 0.1) is 11.0 Å². The zero-order valence-corrected chi connectivity index (χ0v) is 14.6. The minimum atomic E-state index is -0.980. The van der Waals surface area contributed by atoms with E-state index in [-0.39, 0.29) is 22.9 Å². The number of halogens is 1. The predicted octanol–water partition coefficient (Wildman–Crippen LogP) is 4.14. The second-order valence-corrected chi connectivity index (χ2v) is 6.25. The van der Waals surface area contributed by atoms with Crippen LogP contribution in [-0.2, 0) is 4.74 Å². The van der Waals surface area contributed by atoms with Gasteiger partial charge in [0.1, 0.15) is 17.2 Å². The molecule has 0 fully saturated rings. The average Bonchev–Trinajstić information content (AvgIpc) is 2.55. The summed E-state index contributed by atoms with van der Waals surface area (Å²) in [6.45, 7) is 5.01. The maximum Gasteiger partial charge on any atom is 0.413 e. The lowest BCUT2D eigenvalue weighted by Gasteiger charge is -2.19. The van der Waals surface area contributed by atoms with E-state index in [2.05, 4.69) is 10.3 Å². The van der Waals surface area contributed by atoms with E-state index >= 15 is 0 Å². The standard InChI is InChI=1S/C17H15FN4O5/c1-17(2,3)27-16(23)21-15-11(9-19)13(6-7-20-15)26-14-5-4-10(22(24)25)8-12(14)18/h4-8H,1-3H3,(H,20,21,23). The molecule has 0 aliphatic carbocycles. The Morgan fingerprint density at radius 3 is 2.59 bits per heavy atom. The number of pyridine rings is 1. The molecule has 9 nitrogen and oxygen atoms in total. The number of amides is 1. The van der Waals surface area contributed by atoms with Crippen LogP contribution in [0, 0.1) is 27.3 Å². The summed E-state index contributed by atoms with van der Waals surface area (Å²) in [4.78, 5) is 25.7. The minimum absolute atomic E-state index is 0.0914. The van der Waals surface area contributed by atoms with E-state index in [1.165, 1.54) is 12.3 Å². The van der Waals surface area contributed by atoms with Crippen molar-refractivity contribution < 1.29 is 23.6 Å². The number of rotatable bonds is 4. The van der Waals surface area contributed by atoms with Gasteiger partial charge in [-0.2, -0.15) is 5.26 Å². The molecule has 140 valence electrons. The van der Waals surface area contributed by atoms with Crippen molar-refractivity contribution in [1.82, 2.24) is 4.98 Å². The van der Waals surface area contributed by atoms with Crippen LogP contribution in [-0.4, -0.2) is 21.6 Å². The molecule has 2 rings (SSSR count). The van der Waals surface area contributed by atoms with Crippen LogP contribution >= 0.6 is 0 Å². The topological polar surface area (TPSA) is 127 Å². The Hall–Kier alpha value is -3.74. The molecule has 1 amide bonds. The molecule has 0 radical (unpaired) electrons. The fourth-order valence-electron chi connectivity index (χ4n) is 1.94. The third-order valence-corrected chi connectivity index (χ3v) is 2.99. The van der Waals surface area contributed by atoms with Crippen molar-refractivity contribution in [3.8, 4) is 17.6 Å². The first-order chi connectivity index (χ1) is 12.6. The van der Waals surface area contributed by atoms with E-state index in [0.29, 0.717) is 6.07 Å². The van der Waals surface area contributed by atoms with Gasteiger partial charge in [0, 0.05) is 18.3 Å². The second kappa shape index (κ2) is 7.65. The largest absolute Gasteiger partial charge is 0.453 e. The molecule has 0 saturated heterocycles. The maximum atomic E-state index is 14.0. The molecule has 1 aromatic heterocycles. The summed E-state index contributed by atoms with van der Waals surface area (Å²) in [5.74, 6) is -1.53. The molecule has 0 aliphatic heterocycles. The van der Waals surface area contributed by atoms with Gasteiger partial charge in [-0.05, 0) is 26.8 Å². The first-order valence-corrected chi connectivity index (χ1v) is 7.61. The molecule has 0 spiro atoms. The number of nitro benzene ring substituents is 1. The highest BCUT2D eigenvalue weighted by Crippen LogP contribution is 2.31. The number of nitrogens with one attached hydrogen (secondary N) is 1. The highest BCUT2D eigenvalue weighted by molar-refractivity contribution is 5.86. The van der Waals surface area contributed by atoms with Crippen molar-refractivity contribution >= 4 is 17.6 Å². The summed E-state index contributed by atoms with van der Waals surface area (Å²) in [5.41, 5.74) is -1.36. The van der Waals surface area contributed by atoms with Crippen LogP contribution in [0.25, 0.3) is 0 Å². The van der Waals surface area contributed by atoms with E-state index in [4.69, 9.17) is 9.47 Å². The summed E-state index contributed by atoms with van der Waals surface area (Å²) >= 11 is 0. The van der Waals surface area contributed by atoms with Gasteiger partial charge >= 0.3 is 6.09 Å². The molecule has 27 heavy (non-hydrogen) atoms. The second-order valence-electron chi connectivity index (χ2n) is 6.25. The van der Waals surface area contributed by atoms with Gasteiger partial charge in [0.25, 0.3) is 5.69 Å². The van der Waals surface area contributed by atoms with Crippen molar-refractivity contribution in [2.75, 3.05) is 5.32 Å². The average molecular weight is 374 g/mol. The van der Waals surface area contributed by atoms with Gasteiger partial charge in [-0.3, -0.25) is 15.4 Å². The Kier molecular flexibility index (Phi) is 5.55. The highest BCUT2D eigenvalue weighted by atomic mass is 19.1. The lowest BCUT2D eigenvalue weighted by Crippen LogP contribution is -2.27. The van der Waals surface area contributed by atoms with Gasteiger partial charge in [-0.25, -0.2) is 14.2 Å². The molecule has 0 bridgehead atoms. The summed E-state index contributed by atoms with van der Waals surface area (Å²) < 4.78 is 24.4. The zero-order chi connectivity index (χ0) is 20.2. The molecule has 10 heteroatoms. The van der Waals surface area contributed by atoms with Crippen molar-refractivity contribution in [1.29, 1.82) is 5.26 Å². The third kappa shape index (κ3) is 5.12. The summed E-state index contributed by atoms with van der Waals surface area (Å²) in [5, 5.41) is 22.4. The number of ether oxygens (including phenoxy) is 2. The van der Waals surface area contributed by atoms with E-state index in [1.807, 2.05) is 6.07 Å². The summed E-state index contributed by atoms with van der Waals surface area (Å²) in [6.07, 6.45) is 0.414. The Morgan fingerprint density at radius 2 is 2.04 bits per heavy atom. The van der Waals surface area contributed by atoms with Gasteiger partial charge < -0.3 is 9.47 Å². The molecule has 1 aromatic carbocycles. The zero-order valence-electron chi connectivity index (χ0n) is 14.6. The highest BCUT2D eigenvalue weighted by Gasteiger charge is 2.20. The molecule has 0 atom stereocenters. The van der Waals surface area contributed by atoms with E-state index in [9.17, 15) is 24.6 Å². The lowest BCUT2D eigenvalue weighted by molar-refractivity contribution is -0.385. The first-order valence-electron chi connectivity index (χ1n) is 7.61. The Labute approximate surface area is 153 Å². The van der Waals surface area contributed by atoms with Crippen molar-refractivity contribution in [2.24, 2.45) is 0 Å². The summed E-state index contributed by atoms with van der Waals surface area (Å²) in [7, 11) is 0. The molecule has 0 unspecified atom stereocenters. The number of nitriles is 1. The van der Waals surface area contributed by atoms with Crippen LogP contribution in [0.1, 0.15) is 26.3 Å². The van der Waals surface area contributed by atoms with Crippen molar-refractivity contribution in [2.45, 2.75) is 26.4 Å². The van der Waals surface area contributed by atoms with E-state index in [0.717, 1.165) is 12.1 Å². The number of non-ortho nitro benzene ring substituents is 1. The molecule has 2 aromatic rings. The third-order valence-electron chi connectivity index (χ3n) is 2.99. The number of anilines is 1. The van der Waals surface area contributed by atoms with Crippen LogP contribution in [0.2, 0.25) is 0 Å². The van der Waals surface area contributed by atoms with Crippen LogP contribution < -0.4 is 10.1 Å². The fraction of sp³-hybridized carbons (Fsp3) is 0.235. The van der Waals surface area contributed by atoms with Gasteiger partial charge in [0.2, 0.25) is 0 Å². The Bertz CT molecular complexity index is 934. The normalized spacial score (nSPS) is 10.6. The smallest absolute Gasteiger partial charge is 0.413 e. The van der Waals surface area contributed by atoms with Crippen LogP contribution in [0.4, 0.5) is 20.7 Å². The minimum Gasteiger partial charge on any atom is -0.453 e. The number of carbonyl (C=O) groups is 1. The van der Waals surface area contributed by atoms with Gasteiger partial charge in [-0.1, -0.05) is 0 Å². The van der Waals surface area contributed by atoms with E-state index in [1.54, 1.807) is 20.8 Å². The van der Waals surface area contributed by atoms with E-state index < -0.39 is 28.1 Å². The molecule has 0 saturated carbocycles. The molecule has 0 aliphatic rings. The number of benzene rings is 1. The lowest BCUT2D eigenvalue weighted by atomic mass is 10.2. The molecular weight excluding hydrogens is 359 g/mol. The number of hydrogen-bond donors (Lipinski definition) is 1. The van der Waals surface area contributed by atoms with Crippen LogP contribution in [0.3, 0.4) is 0 Å². The van der Waals surface area contributed by atoms with Crippen LogP contribution in [0.15, 0.2) is 30.5 Å². The number of nitrogens with zero attached hydrogens (tertiary/aromatic N) is 3. The van der Waals surface area contributed by atoms with Gasteiger partial charge in [0.15, 0.2) is 23.1 Å². The monoisotopic (exact) mass is 374 g/mol. The number of aromatic nitrogens is 1. The molecule has 1 heterocycles. The Morgan fingerprint density at radius 1 is 1.33 bits per heavy atom. The fourth-order valence-corrected chi connectivity index (χ4v) is 1.94. The quantitative estimate of drug-likeness (QED) is 0.629.